The van der Waals surface area contributed by atoms with Gasteiger partial charge < -0.3 is 10.6 Å². The smallest absolute Gasteiger partial charge is 0.243 e. The fraction of sp³-hybridized carbons (Fsp3) is 0.462. The number of anilines is 1. The van der Waals surface area contributed by atoms with Crippen LogP contribution in [0.15, 0.2) is 24.3 Å². The van der Waals surface area contributed by atoms with Crippen LogP contribution < -0.4 is 10.6 Å². The fourth-order valence-electron chi connectivity index (χ4n) is 2.20. The average Bonchev–Trinajstić information content (AvgIpc) is 2.72. The SMILES string of the molecule is CCC[C@H](N)C(=O)N1CCc2ccccc21. The van der Waals surface area contributed by atoms with Crippen molar-refractivity contribution < 1.29 is 4.79 Å². The maximum absolute atomic E-state index is 12.1. The molecule has 1 aromatic carbocycles. The molecule has 0 aliphatic carbocycles. The summed E-state index contributed by atoms with van der Waals surface area (Å²) >= 11 is 0. The van der Waals surface area contributed by atoms with Crippen molar-refractivity contribution in [1.82, 2.24) is 0 Å². The summed E-state index contributed by atoms with van der Waals surface area (Å²) in [6.07, 6.45) is 2.65. The van der Waals surface area contributed by atoms with E-state index in [9.17, 15) is 4.79 Å². The molecule has 2 N–H and O–H groups in total. The van der Waals surface area contributed by atoms with Crippen LogP contribution >= 0.6 is 0 Å². The molecule has 1 atom stereocenters. The van der Waals surface area contributed by atoms with Crippen molar-refractivity contribution >= 4 is 11.6 Å². The molecule has 0 saturated heterocycles. The van der Waals surface area contributed by atoms with Crippen LogP contribution in [0, 0.1) is 0 Å². The molecular weight excluding hydrogens is 200 g/mol. The molecule has 0 bridgehead atoms. The monoisotopic (exact) mass is 218 g/mol. The van der Waals surface area contributed by atoms with Gasteiger partial charge in [0.1, 0.15) is 0 Å². The standard InChI is InChI=1S/C13H18N2O/c1-2-5-11(14)13(16)15-9-8-10-6-3-4-7-12(10)15/h3-4,6-7,11H,2,5,8-9,14H2,1H3/t11-/m0/s1. The van der Waals surface area contributed by atoms with Gasteiger partial charge in [-0.1, -0.05) is 31.5 Å². The zero-order valence-electron chi connectivity index (χ0n) is 9.65. The minimum atomic E-state index is -0.351. The van der Waals surface area contributed by atoms with Crippen molar-refractivity contribution in [2.24, 2.45) is 5.73 Å². The molecule has 1 aromatic rings. The van der Waals surface area contributed by atoms with E-state index in [2.05, 4.69) is 6.07 Å². The molecule has 0 aromatic heterocycles. The van der Waals surface area contributed by atoms with E-state index in [1.54, 1.807) is 0 Å². The maximum Gasteiger partial charge on any atom is 0.243 e. The number of para-hydroxylation sites is 1. The van der Waals surface area contributed by atoms with Gasteiger partial charge in [0.25, 0.3) is 0 Å². The van der Waals surface area contributed by atoms with E-state index >= 15 is 0 Å². The number of benzene rings is 1. The van der Waals surface area contributed by atoms with E-state index in [0.29, 0.717) is 0 Å². The van der Waals surface area contributed by atoms with Crippen LogP contribution in [-0.4, -0.2) is 18.5 Å². The van der Waals surface area contributed by atoms with E-state index < -0.39 is 0 Å². The Morgan fingerprint density at radius 2 is 2.25 bits per heavy atom. The Bertz CT molecular complexity index is 389. The van der Waals surface area contributed by atoms with Crippen LogP contribution in [0.2, 0.25) is 0 Å². The fourth-order valence-corrected chi connectivity index (χ4v) is 2.20. The second kappa shape index (κ2) is 4.66. The van der Waals surface area contributed by atoms with Crippen molar-refractivity contribution in [3.63, 3.8) is 0 Å². The summed E-state index contributed by atoms with van der Waals surface area (Å²) in [6.45, 7) is 2.82. The summed E-state index contributed by atoms with van der Waals surface area (Å²) in [4.78, 5) is 13.9. The third kappa shape index (κ3) is 1.95. The molecular formula is C13H18N2O. The van der Waals surface area contributed by atoms with Crippen molar-refractivity contribution in [3.05, 3.63) is 29.8 Å². The molecule has 3 nitrogen and oxygen atoms in total. The Labute approximate surface area is 96.2 Å². The van der Waals surface area contributed by atoms with Gasteiger partial charge in [0, 0.05) is 12.2 Å². The number of nitrogens with zero attached hydrogens (tertiary/aromatic N) is 1. The number of hydrogen-bond acceptors (Lipinski definition) is 2. The van der Waals surface area contributed by atoms with Gasteiger partial charge in [-0.25, -0.2) is 0 Å². The predicted molar refractivity (Wildman–Crippen MR) is 65.4 cm³/mol. The molecule has 0 spiro atoms. The van der Waals surface area contributed by atoms with Gasteiger partial charge in [0.05, 0.1) is 6.04 Å². The van der Waals surface area contributed by atoms with Gasteiger partial charge in [0.15, 0.2) is 0 Å². The van der Waals surface area contributed by atoms with Gasteiger partial charge in [-0.2, -0.15) is 0 Å². The summed E-state index contributed by atoms with van der Waals surface area (Å²) < 4.78 is 0. The molecule has 1 amide bonds. The minimum absolute atomic E-state index is 0.0619. The molecule has 1 aliphatic heterocycles. The van der Waals surface area contributed by atoms with Crippen LogP contribution in [0.25, 0.3) is 0 Å². The summed E-state index contributed by atoms with van der Waals surface area (Å²) in [7, 11) is 0. The molecule has 3 heteroatoms. The Morgan fingerprint density at radius 3 is 3.00 bits per heavy atom. The van der Waals surface area contributed by atoms with Crippen LogP contribution in [-0.2, 0) is 11.2 Å². The van der Waals surface area contributed by atoms with Crippen molar-refractivity contribution in [3.8, 4) is 0 Å². The number of nitrogens with two attached hydrogens (primary N) is 1. The zero-order valence-corrected chi connectivity index (χ0v) is 9.65. The van der Waals surface area contributed by atoms with E-state index in [1.807, 2.05) is 30.0 Å². The van der Waals surface area contributed by atoms with E-state index in [4.69, 9.17) is 5.73 Å². The molecule has 1 aliphatic rings. The number of rotatable bonds is 3. The molecule has 0 fully saturated rings. The molecule has 86 valence electrons. The van der Waals surface area contributed by atoms with Crippen LogP contribution in [0.5, 0.6) is 0 Å². The summed E-state index contributed by atoms with van der Waals surface area (Å²) in [6, 6.07) is 7.71. The first-order valence-electron chi connectivity index (χ1n) is 5.89. The summed E-state index contributed by atoms with van der Waals surface area (Å²) in [5, 5.41) is 0. The topological polar surface area (TPSA) is 46.3 Å². The first kappa shape index (κ1) is 11.1. The van der Waals surface area contributed by atoms with Crippen molar-refractivity contribution in [2.45, 2.75) is 32.2 Å². The third-order valence-electron chi connectivity index (χ3n) is 3.07. The molecule has 2 rings (SSSR count). The first-order chi connectivity index (χ1) is 7.74. The van der Waals surface area contributed by atoms with Gasteiger partial charge in [0.2, 0.25) is 5.91 Å². The Balaban J connectivity index is 2.16. The van der Waals surface area contributed by atoms with E-state index in [0.717, 1.165) is 31.5 Å². The van der Waals surface area contributed by atoms with Crippen molar-refractivity contribution in [1.29, 1.82) is 0 Å². The van der Waals surface area contributed by atoms with E-state index in [1.165, 1.54) is 5.56 Å². The van der Waals surface area contributed by atoms with Gasteiger partial charge >= 0.3 is 0 Å². The van der Waals surface area contributed by atoms with Gasteiger partial charge in [-0.15, -0.1) is 0 Å². The second-order valence-corrected chi connectivity index (χ2v) is 4.26. The van der Waals surface area contributed by atoms with Crippen LogP contribution in [0.3, 0.4) is 0 Å². The van der Waals surface area contributed by atoms with Gasteiger partial charge in [-0.05, 0) is 24.5 Å². The lowest BCUT2D eigenvalue weighted by atomic mass is 10.1. The number of carbonyl (C=O) groups excluding carboxylic acids is 1. The molecule has 1 heterocycles. The predicted octanol–water partition coefficient (Wildman–Crippen LogP) is 1.70. The number of hydrogen-bond donors (Lipinski definition) is 1. The number of fused-ring (bicyclic) bond motifs is 1. The highest BCUT2D eigenvalue weighted by molar-refractivity contribution is 5.98. The third-order valence-corrected chi connectivity index (χ3v) is 3.07. The van der Waals surface area contributed by atoms with Crippen LogP contribution in [0.4, 0.5) is 5.69 Å². The first-order valence-corrected chi connectivity index (χ1v) is 5.89. The molecule has 16 heavy (non-hydrogen) atoms. The van der Waals surface area contributed by atoms with Crippen molar-refractivity contribution in [2.75, 3.05) is 11.4 Å². The van der Waals surface area contributed by atoms with Crippen LogP contribution in [0.1, 0.15) is 25.3 Å². The summed E-state index contributed by atoms with van der Waals surface area (Å²) in [5.41, 5.74) is 8.16. The molecule has 0 radical (unpaired) electrons. The molecule has 0 unspecified atom stereocenters. The Hall–Kier alpha value is -1.35. The Morgan fingerprint density at radius 1 is 1.50 bits per heavy atom. The van der Waals surface area contributed by atoms with Gasteiger partial charge in [-0.3, -0.25) is 4.79 Å². The molecule has 0 saturated carbocycles. The summed E-state index contributed by atoms with van der Waals surface area (Å²) in [5.74, 6) is 0.0619. The van der Waals surface area contributed by atoms with E-state index in [-0.39, 0.29) is 11.9 Å². The lowest BCUT2D eigenvalue weighted by Crippen LogP contribution is -2.43. The second-order valence-electron chi connectivity index (χ2n) is 4.26. The quantitative estimate of drug-likeness (QED) is 0.839. The highest BCUT2D eigenvalue weighted by atomic mass is 16.2. The number of amides is 1. The highest BCUT2D eigenvalue weighted by Gasteiger charge is 2.27. The highest BCUT2D eigenvalue weighted by Crippen LogP contribution is 2.27. The average molecular weight is 218 g/mol. The largest absolute Gasteiger partial charge is 0.320 e. The number of carbonyl (C=O) groups is 1. The Kier molecular flexibility index (Phi) is 3.25. The zero-order chi connectivity index (χ0) is 11.5. The minimum Gasteiger partial charge on any atom is -0.320 e. The normalized spacial score (nSPS) is 16.0. The lowest BCUT2D eigenvalue weighted by molar-refractivity contribution is -0.119. The lowest BCUT2D eigenvalue weighted by Gasteiger charge is -2.21. The maximum atomic E-state index is 12.1.